The first-order chi connectivity index (χ1) is 6.58. The Bertz CT molecular complexity index is 194. The highest BCUT2D eigenvalue weighted by Gasteiger charge is 2.21. The number of hydrogen-bond donors (Lipinski definition) is 3. The molecule has 4 N–H and O–H groups in total. The molecule has 2 unspecified atom stereocenters. The number of rotatable bonds is 3. The molecule has 0 aromatic carbocycles. The Hall–Kier alpha value is -0.770. The van der Waals surface area contributed by atoms with E-state index in [1.54, 1.807) is 0 Å². The fourth-order valence-electron chi connectivity index (χ4n) is 1.85. The minimum absolute atomic E-state index is 0.0690. The van der Waals surface area contributed by atoms with Gasteiger partial charge >= 0.3 is 6.03 Å². The first kappa shape index (κ1) is 11.3. The van der Waals surface area contributed by atoms with Crippen LogP contribution in [0.1, 0.15) is 33.1 Å². The van der Waals surface area contributed by atoms with Crippen LogP contribution in [-0.4, -0.2) is 24.7 Å². The van der Waals surface area contributed by atoms with Gasteiger partial charge in [0.1, 0.15) is 0 Å². The molecular formula is C10H21N3O. The molecule has 0 heterocycles. The zero-order chi connectivity index (χ0) is 10.6. The zero-order valence-corrected chi connectivity index (χ0v) is 9.05. The molecule has 0 aliphatic heterocycles. The molecule has 0 radical (unpaired) electrons. The molecule has 1 aliphatic rings. The molecule has 2 atom stereocenters. The number of hydrogen-bond acceptors (Lipinski definition) is 2. The summed E-state index contributed by atoms with van der Waals surface area (Å²) in [5, 5.41) is 5.67. The molecule has 82 valence electrons. The van der Waals surface area contributed by atoms with Gasteiger partial charge in [0, 0.05) is 18.6 Å². The average molecular weight is 199 g/mol. The summed E-state index contributed by atoms with van der Waals surface area (Å²) in [5.74, 6) is 0.572. The smallest absolute Gasteiger partial charge is 0.314 e. The predicted molar refractivity (Wildman–Crippen MR) is 57.0 cm³/mol. The third kappa shape index (κ3) is 3.96. The molecule has 1 fully saturated rings. The van der Waals surface area contributed by atoms with E-state index in [0.717, 1.165) is 25.8 Å². The second-order valence-corrected chi connectivity index (χ2v) is 4.45. The van der Waals surface area contributed by atoms with Crippen molar-refractivity contribution in [3.63, 3.8) is 0 Å². The molecule has 0 spiro atoms. The Morgan fingerprint density at radius 2 is 2.21 bits per heavy atom. The van der Waals surface area contributed by atoms with Crippen molar-refractivity contribution >= 4 is 6.03 Å². The largest absolute Gasteiger partial charge is 0.338 e. The number of nitrogens with one attached hydrogen (secondary N) is 2. The van der Waals surface area contributed by atoms with Gasteiger partial charge in [0.15, 0.2) is 0 Å². The maximum Gasteiger partial charge on any atom is 0.314 e. The molecule has 4 nitrogen and oxygen atoms in total. The van der Waals surface area contributed by atoms with E-state index in [1.165, 1.54) is 0 Å². The number of amides is 2. The van der Waals surface area contributed by atoms with Gasteiger partial charge in [-0.15, -0.1) is 0 Å². The van der Waals surface area contributed by atoms with E-state index in [1.807, 2.05) is 13.8 Å². The molecule has 2 amide bonds. The van der Waals surface area contributed by atoms with Crippen molar-refractivity contribution < 1.29 is 4.79 Å². The highest BCUT2D eigenvalue weighted by atomic mass is 16.2. The van der Waals surface area contributed by atoms with Crippen molar-refractivity contribution in [2.45, 2.75) is 45.2 Å². The first-order valence-electron chi connectivity index (χ1n) is 5.38. The fraction of sp³-hybridized carbons (Fsp3) is 0.900. The summed E-state index contributed by atoms with van der Waals surface area (Å²) < 4.78 is 0. The maximum atomic E-state index is 11.2. The normalized spacial score (nSPS) is 26.6. The number of carbonyl (C=O) groups is 1. The number of urea groups is 1. The molecule has 14 heavy (non-hydrogen) atoms. The van der Waals surface area contributed by atoms with E-state index < -0.39 is 0 Å². The summed E-state index contributed by atoms with van der Waals surface area (Å²) >= 11 is 0. The van der Waals surface area contributed by atoms with Gasteiger partial charge in [0.2, 0.25) is 0 Å². The highest BCUT2D eigenvalue weighted by Crippen LogP contribution is 2.22. The number of nitrogens with two attached hydrogens (primary N) is 1. The summed E-state index contributed by atoms with van der Waals surface area (Å²) in [5.41, 5.74) is 5.78. The van der Waals surface area contributed by atoms with Crippen molar-refractivity contribution in [1.29, 1.82) is 0 Å². The van der Waals surface area contributed by atoms with Crippen molar-refractivity contribution in [2.75, 3.05) is 6.54 Å². The zero-order valence-electron chi connectivity index (χ0n) is 9.05. The second kappa shape index (κ2) is 5.20. The van der Waals surface area contributed by atoms with E-state index >= 15 is 0 Å². The lowest BCUT2D eigenvalue weighted by atomic mass is 10.1. The lowest BCUT2D eigenvalue weighted by Crippen LogP contribution is -2.41. The predicted octanol–water partition coefficient (Wildman–Crippen LogP) is 0.821. The Labute approximate surface area is 85.6 Å². The van der Waals surface area contributed by atoms with Crippen LogP contribution in [0.5, 0.6) is 0 Å². The van der Waals surface area contributed by atoms with Gasteiger partial charge in [-0.05, 0) is 39.0 Å². The van der Waals surface area contributed by atoms with Gasteiger partial charge in [-0.1, -0.05) is 0 Å². The van der Waals surface area contributed by atoms with Crippen LogP contribution in [0, 0.1) is 5.92 Å². The Morgan fingerprint density at radius 1 is 1.50 bits per heavy atom. The summed E-state index contributed by atoms with van der Waals surface area (Å²) in [6.45, 7) is 4.66. The molecule has 1 aliphatic carbocycles. The Kier molecular flexibility index (Phi) is 4.20. The molecule has 0 aromatic heterocycles. The molecule has 1 saturated carbocycles. The van der Waals surface area contributed by atoms with Crippen molar-refractivity contribution in [1.82, 2.24) is 10.6 Å². The maximum absolute atomic E-state index is 11.2. The summed E-state index contributed by atoms with van der Waals surface area (Å²) in [6.07, 6.45) is 3.28. The van der Waals surface area contributed by atoms with Gasteiger partial charge in [-0.3, -0.25) is 0 Å². The van der Waals surface area contributed by atoms with Gasteiger partial charge in [-0.2, -0.15) is 0 Å². The fourth-order valence-corrected chi connectivity index (χ4v) is 1.85. The summed E-state index contributed by atoms with van der Waals surface area (Å²) in [7, 11) is 0. The Balaban J connectivity index is 2.11. The van der Waals surface area contributed by atoms with Crippen LogP contribution < -0.4 is 16.4 Å². The van der Waals surface area contributed by atoms with E-state index in [9.17, 15) is 4.79 Å². The quantitative estimate of drug-likeness (QED) is 0.630. The van der Waals surface area contributed by atoms with Crippen LogP contribution in [-0.2, 0) is 0 Å². The molecular weight excluding hydrogens is 178 g/mol. The Morgan fingerprint density at radius 3 is 2.71 bits per heavy atom. The van der Waals surface area contributed by atoms with E-state index in [4.69, 9.17) is 5.73 Å². The summed E-state index contributed by atoms with van der Waals surface area (Å²) in [6, 6.07) is 0.469. The highest BCUT2D eigenvalue weighted by molar-refractivity contribution is 5.74. The van der Waals surface area contributed by atoms with E-state index in [2.05, 4.69) is 10.6 Å². The van der Waals surface area contributed by atoms with Gasteiger partial charge in [-0.25, -0.2) is 4.79 Å². The van der Waals surface area contributed by atoms with Gasteiger partial charge in [0.25, 0.3) is 0 Å². The topological polar surface area (TPSA) is 67.2 Å². The summed E-state index contributed by atoms with van der Waals surface area (Å²) in [4.78, 5) is 11.2. The minimum Gasteiger partial charge on any atom is -0.338 e. The standard InChI is InChI=1S/C10H21N3O/c1-7(2)13-10(14)12-6-8-3-4-9(11)5-8/h7-9H,3-6,11H2,1-2H3,(H2,12,13,14). The van der Waals surface area contributed by atoms with Crippen molar-refractivity contribution in [3.05, 3.63) is 0 Å². The number of carbonyl (C=O) groups excluding carboxylic acids is 1. The van der Waals surface area contributed by atoms with Crippen LogP contribution in [0.15, 0.2) is 0 Å². The van der Waals surface area contributed by atoms with Crippen LogP contribution in [0.3, 0.4) is 0 Å². The van der Waals surface area contributed by atoms with E-state index in [0.29, 0.717) is 12.0 Å². The van der Waals surface area contributed by atoms with E-state index in [-0.39, 0.29) is 12.1 Å². The first-order valence-corrected chi connectivity index (χ1v) is 5.38. The lowest BCUT2D eigenvalue weighted by Gasteiger charge is -2.13. The van der Waals surface area contributed by atoms with Crippen LogP contribution in [0.2, 0.25) is 0 Å². The van der Waals surface area contributed by atoms with Crippen LogP contribution in [0.4, 0.5) is 4.79 Å². The molecule has 0 aromatic rings. The van der Waals surface area contributed by atoms with Crippen LogP contribution in [0.25, 0.3) is 0 Å². The SMILES string of the molecule is CC(C)NC(=O)NCC1CCC(N)C1. The van der Waals surface area contributed by atoms with Crippen LogP contribution >= 0.6 is 0 Å². The van der Waals surface area contributed by atoms with Gasteiger partial charge < -0.3 is 16.4 Å². The molecule has 1 rings (SSSR count). The molecule has 0 saturated heterocycles. The average Bonchev–Trinajstić information content (AvgIpc) is 2.47. The monoisotopic (exact) mass is 199 g/mol. The van der Waals surface area contributed by atoms with Crippen molar-refractivity contribution in [2.24, 2.45) is 11.7 Å². The van der Waals surface area contributed by atoms with Gasteiger partial charge in [0.05, 0.1) is 0 Å². The molecule has 4 heteroatoms. The third-order valence-electron chi connectivity index (χ3n) is 2.55. The minimum atomic E-state index is -0.0690. The lowest BCUT2D eigenvalue weighted by molar-refractivity contribution is 0.236. The third-order valence-corrected chi connectivity index (χ3v) is 2.55. The molecule has 0 bridgehead atoms. The van der Waals surface area contributed by atoms with Crippen molar-refractivity contribution in [3.8, 4) is 0 Å². The second-order valence-electron chi connectivity index (χ2n) is 4.45.